The van der Waals surface area contributed by atoms with Crippen LogP contribution in [0.15, 0.2) is 12.1 Å². The van der Waals surface area contributed by atoms with Gasteiger partial charge >= 0.3 is 0 Å². The number of carbonyl (C=O) groups is 2. The number of rotatable bonds is 6. The molecule has 2 saturated carbocycles. The maximum absolute atomic E-state index is 12.6. The molecule has 1 aromatic heterocycles. The van der Waals surface area contributed by atoms with Gasteiger partial charge in [-0.05, 0) is 63.5 Å². The fraction of sp³-hybridized carbons (Fsp3) is 0.667. The molecule has 2 N–H and O–H groups in total. The van der Waals surface area contributed by atoms with Crippen molar-refractivity contribution in [1.29, 1.82) is 0 Å². The Bertz CT molecular complexity index is 663. The standard InChI is InChI=1S/C21H31N3O3/c1-14-7-12-18(27-2)20(22-14)24-21(26)16-8-10-17(11-9-16)23-19(25)13-15-5-3-4-6-15/h7,12,15-17H,3-6,8-11,13H2,1-2H3,(H,23,25)(H,22,24,26). The highest BCUT2D eigenvalue weighted by Gasteiger charge is 2.28. The number of methoxy groups -OCH3 is 1. The molecule has 0 saturated heterocycles. The summed E-state index contributed by atoms with van der Waals surface area (Å²) in [6.07, 6.45) is 8.85. The molecule has 2 aliphatic carbocycles. The predicted molar refractivity (Wildman–Crippen MR) is 105 cm³/mol. The average molecular weight is 373 g/mol. The van der Waals surface area contributed by atoms with E-state index in [4.69, 9.17) is 4.74 Å². The van der Waals surface area contributed by atoms with Crippen LogP contribution in [-0.4, -0.2) is 29.9 Å². The van der Waals surface area contributed by atoms with Crippen molar-refractivity contribution >= 4 is 17.6 Å². The lowest BCUT2D eigenvalue weighted by molar-refractivity contribution is -0.123. The lowest BCUT2D eigenvalue weighted by Gasteiger charge is -2.28. The molecule has 148 valence electrons. The van der Waals surface area contributed by atoms with Crippen molar-refractivity contribution < 1.29 is 14.3 Å². The number of anilines is 1. The highest BCUT2D eigenvalue weighted by atomic mass is 16.5. The van der Waals surface area contributed by atoms with Crippen LogP contribution in [0.2, 0.25) is 0 Å². The lowest BCUT2D eigenvalue weighted by atomic mass is 9.85. The van der Waals surface area contributed by atoms with Gasteiger partial charge in [0.2, 0.25) is 11.8 Å². The van der Waals surface area contributed by atoms with Crippen molar-refractivity contribution in [3.05, 3.63) is 17.8 Å². The van der Waals surface area contributed by atoms with Crippen LogP contribution >= 0.6 is 0 Å². The molecule has 6 nitrogen and oxygen atoms in total. The molecule has 0 radical (unpaired) electrons. The van der Waals surface area contributed by atoms with E-state index in [-0.39, 0.29) is 23.8 Å². The Morgan fingerprint density at radius 2 is 1.81 bits per heavy atom. The zero-order valence-corrected chi connectivity index (χ0v) is 16.4. The fourth-order valence-corrected chi connectivity index (χ4v) is 4.28. The zero-order chi connectivity index (χ0) is 19.2. The van der Waals surface area contributed by atoms with E-state index in [1.54, 1.807) is 7.11 Å². The Kier molecular flexibility index (Phi) is 6.69. The highest BCUT2D eigenvalue weighted by Crippen LogP contribution is 2.29. The molecule has 6 heteroatoms. The van der Waals surface area contributed by atoms with Gasteiger partial charge in [0.25, 0.3) is 0 Å². The Hall–Kier alpha value is -2.11. The molecular weight excluding hydrogens is 342 g/mol. The van der Waals surface area contributed by atoms with Gasteiger partial charge in [0, 0.05) is 24.1 Å². The normalized spacial score (nSPS) is 23.0. The number of aryl methyl sites for hydroxylation is 1. The van der Waals surface area contributed by atoms with Gasteiger partial charge in [-0.3, -0.25) is 9.59 Å². The quantitative estimate of drug-likeness (QED) is 0.798. The predicted octanol–water partition coefficient (Wildman–Crippen LogP) is 3.59. The second-order valence-electron chi connectivity index (χ2n) is 7.96. The van der Waals surface area contributed by atoms with E-state index in [2.05, 4.69) is 15.6 Å². The van der Waals surface area contributed by atoms with Crippen LogP contribution in [0.1, 0.15) is 63.5 Å². The molecule has 0 spiro atoms. The molecule has 0 aromatic carbocycles. The van der Waals surface area contributed by atoms with Crippen molar-refractivity contribution in [2.75, 3.05) is 12.4 Å². The highest BCUT2D eigenvalue weighted by molar-refractivity contribution is 5.93. The Balaban J connectivity index is 1.45. The lowest BCUT2D eigenvalue weighted by Crippen LogP contribution is -2.40. The second-order valence-corrected chi connectivity index (χ2v) is 7.96. The van der Waals surface area contributed by atoms with Crippen molar-refractivity contribution in [3.8, 4) is 5.75 Å². The number of carbonyl (C=O) groups excluding carboxylic acids is 2. The first-order valence-corrected chi connectivity index (χ1v) is 10.2. The largest absolute Gasteiger partial charge is 0.493 e. The summed E-state index contributed by atoms with van der Waals surface area (Å²) in [5.74, 6) is 1.76. The van der Waals surface area contributed by atoms with E-state index in [9.17, 15) is 9.59 Å². The minimum atomic E-state index is -0.0417. The second kappa shape index (κ2) is 9.20. The van der Waals surface area contributed by atoms with Gasteiger partial charge in [-0.1, -0.05) is 12.8 Å². The summed E-state index contributed by atoms with van der Waals surface area (Å²) in [5, 5.41) is 6.09. The first-order valence-electron chi connectivity index (χ1n) is 10.2. The third-order valence-corrected chi connectivity index (χ3v) is 5.87. The van der Waals surface area contributed by atoms with Crippen molar-refractivity contribution in [2.45, 2.75) is 70.8 Å². The minimum Gasteiger partial charge on any atom is -0.493 e. The number of hydrogen-bond donors (Lipinski definition) is 2. The molecule has 1 aromatic rings. The summed E-state index contributed by atoms with van der Waals surface area (Å²) >= 11 is 0. The average Bonchev–Trinajstić information content (AvgIpc) is 3.15. The van der Waals surface area contributed by atoms with E-state index in [1.165, 1.54) is 25.7 Å². The molecule has 0 aliphatic heterocycles. The van der Waals surface area contributed by atoms with Crippen LogP contribution in [0.5, 0.6) is 5.75 Å². The smallest absolute Gasteiger partial charge is 0.228 e. The number of nitrogens with zero attached hydrogens (tertiary/aromatic N) is 1. The number of pyridine rings is 1. The number of nitrogens with one attached hydrogen (secondary N) is 2. The van der Waals surface area contributed by atoms with Crippen LogP contribution in [0.4, 0.5) is 5.82 Å². The summed E-state index contributed by atoms with van der Waals surface area (Å²) in [5.41, 5.74) is 0.833. The van der Waals surface area contributed by atoms with Crippen LogP contribution in [0.3, 0.4) is 0 Å². The first-order chi connectivity index (χ1) is 13.0. The molecule has 1 heterocycles. The maximum atomic E-state index is 12.6. The van der Waals surface area contributed by atoms with Crippen LogP contribution in [0, 0.1) is 18.8 Å². The van der Waals surface area contributed by atoms with Gasteiger partial charge in [0.05, 0.1) is 7.11 Å². The number of amides is 2. The molecule has 0 bridgehead atoms. The third kappa shape index (κ3) is 5.44. The molecule has 2 fully saturated rings. The minimum absolute atomic E-state index is 0.0119. The van der Waals surface area contributed by atoms with Gasteiger partial charge < -0.3 is 15.4 Å². The Morgan fingerprint density at radius 1 is 1.11 bits per heavy atom. The van der Waals surface area contributed by atoms with Crippen LogP contribution in [-0.2, 0) is 9.59 Å². The Labute approximate surface area is 161 Å². The molecule has 27 heavy (non-hydrogen) atoms. The molecule has 2 aliphatic rings. The van der Waals surface area contributed by atoms with Gasteiger partial charge in [-0.25, -0.2) is 4.98 Å². The van der Waals surface area contributed by atoms with E-state index in [0.29, 0.717) is 23.9 Å². The van der Waals surface area contributed by atoms with Crippen molar-refractivity contribution in [1.82, 2.24) is 10.3 Å². The zero-order valence-electron chi connectivity index (χ0n) is 16.4. The first kappa shape index (κ1) is 19.6. The van der Waals surface area contributed by atoms with Gasteiger partial charge in [-0.2, -0.15) is 0 Å². The summed E-state index contributed by atoms with van der Waals surface area (Å²) in [7, 11) is 1.57. The van der Waals surface area contributed by atoms with Crippen molar-refractivity contribution in [3.63, 3.8) is 0 Å². The molecule has 0 unspecified atom stereocenters. The van der Waals surface area contributed by atoms with E-state index in [1.807, 2.05) is 19.1 Å². The number of ether oxygens (including phenoxy) is 1. The molecule has 2 amide bonds. The van der Waals surface area contributed by atoms with Crippen LogP contribution in [0.25, 0.3) is 0 Å². The monoisotopic (exact) mass is 373 g/mol. The maximum Gasteiger partial charge on any atom is 0.228 e. The summed E-state index contributed by atoms with van der Waals surface area (Å²) in [6, 6.07) is 3.87. The number of aromatic nitrogens is 1. The topological polar surface area (TPSA) is 80.3 Å². The fourth-order valence-electron chi connectivity index (χ4n) is 4.28. The van der Waals surface area contributed by atoms with Gasteiger partial charge in [-0.15, -0.1) is 0 Å². The summed E-state index contributed by atoms with van der Waals surface area (Å²) in [4.78, 5) is 29.2. The number of hydrogen-bond acceptors (Lipinski definition) is 4. The van der Waals surface area contributed by atoms with E-state index in [0.717, 1.165) is 31.4 Å². The van der Waals surface area contributed by atoms with E-state index < -0.39 is 0 Å². The third-order valence-electron chi connectivity index (χ3n) is 5.87. The molecule has 3 rings (SSSR count). The SMILES string of the molecule is COc1ccc(C)nc1NC(=O)C1CCC(NC(=O)CC2CCCC2)CC1. The van der Waals surface area contributed by atoms with Gasteiger partial charge in [0.1, 0.15) is 0 Å². The van der Waals surface area contributed by atoms with Crippen LogP contribution < -0.4 is 15.4 Å². The Morgan fingerprint density at radius 3 is 2.48 bits per heavy atom. The molecular formula is C21H31N3O3. The van der Waals surface area contributed by atoms with Crippen molar-refractivity contribution in [2.24, 2.45) is 11.8 Å². The summed E-state index contributed by atoms with van der Waals surface area (Å²) < 4.78 is 5.28. The van der Waals surface area contributed by atoms with Gasteiger partial charge in [0.15, 0.2) is 11.6 Å². The van der Waals surface area contributed by atoms with E-state index >= 15 is 0 Å². The summed E-state index contributed by atoms with van der Waals surface area (Å²) in [6.45, 7) is 1.88. The molecule has 0 atom stereocenters.